The summed E-state index contributed by atoms with van der Waals surface area (Å²) in [6.45, 7) is 4.31. The highest BCUT2D eigenvalue weighted by molar-refractivity contribution is 5.90. The second-order valence-electron chi connectivity index (χ2n) is 9.53. The molecule has 5 rings (SSSR count). The Balaban J connectivity index is 1.73. The van der Waals surface area contributed by atoms with E-state index in [1.54, 1.807) is 19.1 Å². The Morgan fingerprint density at radius 2 is 1.92 bits per heavy atom. The van der Waals surface area contributed by atoms with Gasteiger partial charge >= 0.3 is 17.9 Å². The topological polar surface area (TPSA) is 123 Å². The fourth-order valence-electron chi connectivity index (χ4n) is 5.47. The third kappa shape index (κ3) is 4.21. The lowest BCUT2D eigenvalue weighted by atomic mass is 9.85. The van der Waals surface area contributed by atoms with Gasteiger partial charge in [-0.05, 0) is 37.0 Å². The van der Waals surface area contributed by atoms with E-state index >= 15 is 0 Å². The predicted octanol–water partition coefficient (Wildman–Crippen LogP) is 3.29. The summed E-state index contributed by atoms with van der Waals surface area (Å²) in [5.74, 6) is -2.37. The Hall–Kier alpha value is -4.28. The zero-order valence-electron chi connectivity index (χ0n) is 22.0. The number of nitrogens with zero attached hydrogens (tertiary/aromatic N) is 2. The molecule has 3 aromatic rings. The minimum absolute atomic E-state index is 0.0541. The summed E-state index contributed by atoms with van der Waals surface area (Å²) in [6.07, 6.45) is 1.01. The van der Waals surface area contributed by atoms with Crippen LogP contribution in [0.25, 0.3) is 22.3 Å². The van der Waals surface area contributed by atoms with Crippen molar-refractivity contribution in [1.82, 2.24) is 9.55 Å². The summed E-state index contributed by atoms with van der Waals surface area (Å²) in [5, 5.41) is 0.654. The van der Waals surface area contributed by atoms with Crippen molar-refractivity contribution < 1.29 is 37.7 Å². The lowest BCUT2D eigenvalue weighted by Gasteiger charge is -2.35. The molecule has 0 amide bonds. The molecule has 0 saturated carbocycles. The molecule has 11 heteroatoms. The number of hydrogen-bond acceptors (Lipinski definition) is 9. The number of hydrogen-bond donors (Lipinski definition) is 0. The van der Waals surface area contributed by atoms with Crippen LogP contribution in [0.15, 0.2) is 23.0 Å². The second kappa shape index (κ2) is 9.79. The molecule has 0 N–H and O–H groups in total. The molecule has 0 aliphatic carbocycles. The van der Waals surface area contributed by atoms with Gasteiger partial charge in [-0.25, -0.2) is 14.2 Å². The molecular formula is C28H27FN2O8. The lowest BCUT2D eigenvalue weighted by molar-refractivity contribution is -0.188. The normalized spacial score (nSPS) is 17.2. The van der Waals surface area contributed by atoms with Crippen molar-refractivity contribution >= 4 is 28.8 Å². The number of esters is 3. The van der Waals surface area contributed by atoms with Crippen LogP contribution in [-0.2, 0) is 53.8 Å². The molecule has 0 saturated heterocycles. The summed E-state index contributed by atoms with van der Waals surface area (Å²) in [4.78, 5) is 54.6. The van der Waals surface area contributed by atoms with Crippen molar-refractivity contribution in [3.05, 3.63) is 56.6 Å². The number of ether oxygens (including phenoxy) is 4. The fraction of sp³-hybridized carbons (Fsp3) is 0.393. The predicted molar refractivity (Wildman–Crippen MR) is 136 cm³/mol. The molecule has 0 unspecified atom stereocenters. The number of methoxy groups -OCH3 is 1. The van der Waals surface area contributed by atoms with Gasteiger partial charge in [0.25, 0.3) is 5.56 Å². The Morgan fingerprint density at radius 3 is 2.59 bits per heavy atom. The average Bonchev–Trinajstić information content (AvgIpc) is 3.25. The smallest absolute Gasteiger partial charge is 0.355 e. The van der Waals surface area contributed by atoms with Crippen molar-refractivity contribution in [2.75, 3.05) is 13.7 Å². The molecule has 10 nitrogen and oxygen atoms in total. The van der Waals surface area contributed by atoms with Crippen LogP contribution in [0.3, 0.4) is 0 Å². The molecule has 1 aromatic carbocycles. The van der Waals surface area contributed by atoms with Gasteiger partial charge in [0.2, 0.25) is 5.60 Å². The van der Waals surface area contributed by atoms with E-state index in [0.717, 1.165) is 11.1 Å². The van der Waals surface area contributed by atoms with Crippen molar-refractivity contribution in [3.8, 4) is 17.1 Å². The van der Waals surface area contributed by atoms with Gasteiger partial charge in [0.05, 0.1) is 42.7 Å². The lowest BCUT2D eigenvalue weighted by Crippen LogP contribution is -2.47. The first-order valence-electron chi connectivity index (χ1n) is 12.6. The van der Waals surface area contributed by atoms with Gasteiger partial charge in [-0.3, -0.25) is 14.4 Å². The number of rotatable bonds is 7. The Labute approximate surface area is 222 Å². The van der Waals surface area contributed by atoms with Crippen LogP contribution in [0, 0.1) is 5.82 Å². The molecule has 0 fully saturated rings. The first-order valence-corrected chi connectivity index (χ1v) is 12.6. The molecule has 2 aromatic heterocycles. The zero-order valence-corrected chi connectivity index (χ0v) is 22.0. The van der Waals surface area contributed by atoms with E-state index in [1.807, 2.05) is 0 Å². The molecule has 39 heavy (non-hydrogen) atoms. The van der Waals surface area contributed by atoms with Crippen LogP contribution in [0.2, 0.25) is 0 Å². The molecule has 1 atom stereocenters. The summed E-state index contributed by atoms with van der Waals surface area (Å²) in [6, 6.07) is 4.50. The Morgan fingerprint density at radius 1 is 1.15 bits per heavy atom. The maximum absolute atomic E-state index is 14.7. The summed E-state index contributed by atoms with van der Waals surface area (Å²) in [5.41, 5.74) is 1.14. The van der Waals surface area contributed by atoms with Crippen LogP contribution >= 0.6 is 0 Å². The molecule has 0 bridgehead atoms. The number of halogens is 1. The minimum Gasteiger partial charge on any atom is -0.494 e. The number of carbonyl (C=O) groups excluding carboxylic acids is 3. The Bertz CT molecular complexity index is 1610. The van der Waals surface area contributed by atoms with Gasteiger partial charge in [0.1, 0.15) is 6.61 Å². The minimum atomic E-state index is -1.76. The SMILES string of the molecule is CC[C@@]1(OC(C)=O)C(=O)OCc2c1cc1n(c2=O)Cc2c-1nc1cc(F)c(OC)cc1c2CCCOC(C)=O. The number of cyclic esters (lactones) is 1. The van der Waals surface area contributed by atoms with Crippen molar-refractivity contribution in [1.29, 1.82) is 0 Å². The van der Waals surface area contributed by atoms with Gasteiger partial charge in [0, 0.05) is 36.4 Å². The van der Waals surface area contributed by atoms with Crippen LogP contribution in [-0.4, -0.2) is 41.2 Å². The highest BCUT2D eigenvalue weighted by atomic mass is 19.1. The van der Waals surface area contributed by atoms with Crippen molar-refractivity contribution in [2.45, 2.75) is 58.8 Å². The highest BCUT2D eigenvalue weighted by Gasteiger charge is 2.50. The standard InChI is InChI=1S/C28H27FN2O8/c1-5-28(39-15(3)33)20-10-23-25-18(12-31(23)26(34)19(20)13-38-27(28)35)16(7-6-8-37-14(2)32)17-9-24(36-4)21(29)11-22(17)30-25/h9-11H,5-8,12-13H2,1-4H3/t28-/m0/s1. The van der Waals surface area contributed by atoms with E-state index < -0.39 is 34.9 Å². The summed E-state index contributed by atoms with van der Waals surface area (Å²) < 4.78 is 37.4. The molecule has 4 heterocycles. The third-order valence-corrected chi connectivity index (χ3v) is 7.24. The maximum atomic E-state index is 14.7. The van der Waals surface area contributed by atoms with Crippen LogP contribution in [0.4, 0.5) is 4.39 Å². The number of fused-ring (bicyclic) bond motifs is 5. The monoisotopic (exact) mass is 538 g/mol. The van der Waals surface area contributed by atoms with Gasteiger partial charge in [-0.2, -0.15) is 0 Å². The fourth-order valence-corrected chi connectivity index (χ4v) is 5.47. The van der Waals surface area contributed by atoms with E-state index in [0.29, 0.717) is 35.1 Å². The first kappa shape index (κ1) is 26.3. The molecule has 2 aliphatic heterocycles. The van der Waals surface area contributed by atoms with E-state index in [-0.39, 0.29) is 43.1 Å². The van der Waals surface area contributed by atoms with E-state index in [9.17, 15) is 23.6 Å². The van der Waals surface area contributed by atoms with Crippen molar-refractivity contribution in [2.24, 2.45) is 0 Å². The average molecular weight is 539 g/mol. The van der Waals surface area contributed by atoms with Crippen LogP contribution in [0.1, 0.15) is 55.9 Å². The van der Waals surface area contributed by atoms with Gasteiger partial charge < -0.3 is 23.5 Å². The van der Waals surface area contributed by atoms with Gasteiger partial charge in [-0.1, -0.05) is 6.92 Å². The van der Waals surface area contributed by atoms with E-state index in [1.165, 1.54) is 31.6 Å². The van der Waals surface area contributed by atoms with Gasteiger partial charge in [0.15, 0.2) is 11.6 Å². The van der Waals surface area contributed by atoms with Crippen LogP contribution in [0.5, 0.6) is 5.75 Å². The highest BCUT2D eigenvalue weighted by Crippen LogP contribution is 2.42. The zero-order chi connectivity index (χ0) is 28.1. The second-order valence-corrected chi connectivity index (χ2v) is 9.53. The molecule has 2 aliphatic rings. The summed E-state index contributed by atoms with van der Waals surface area (Å²) >= 11 is 0. The molecule has 0 radical (unpaired) electrons. The van der Waals surface area contributed by atoms with E-state index in [4.69, 9.17) is 23.9 Å². The quantitative estimate of drug-likeness (QED) is 0.198. The van der Waals surface area contributed by atoms with E-state index in [2.05, 4.69) is 0 Å². The number of benzene rings is 1. The molecule has 204 valence electrons. The van der Waals surface area contributed by atoms with Crippen molar-refractivity contribution in [3.63, 3.8) is 0 Å². The molecular weight excluding hydrogens is 511 g/mol. The Kier molecular flexibility index (Phi) is 6.61. The number of aromatic nitrogens is 2. The summed E-state index contributed by atoms with van der Waals surface area (Å²) in [7, 11) is 1.37. The largest absolute Gasteiger partial charge is 0.494 e. The third-order valence-electron chi connectivity index (χ3n) is 7.24. The maximum Gasteiger partial charge on any atom is 0.355 e. The number of pyridine rings is 2. The molecule has 0 spiro atoms. The van der Waals surface area contributed by atoms with Gasteiger partial charge in [-0.15, -0.1) is 0 Å². The number of aryl methyl sites for hydroxylation is 1. The first-order chi connectivity index (χ1) is 18.6. The van der Waals surface area contributed by atoms with Crippen LogP contribution < -0.4 is 10.3 Å². The number of carbonyl (C=O) groups is 3.